The van der Waals surface area contributed by atoms with E-state index in [1.54, 1.807) is 38.7 Å². The van der Waals surface area contributed by atoms with E-state index in [9.17, 15) is 34.2 Å². The maximum absolute atomic E-state index is 13.0. The Hall–Kier alpha value is -5.80. The number of rotatable bonds is 24. The number of methoxy groups -OCH3 is 2. The van der Waals surface area contributed by atoms with Crippen LogP contribution in [-0.4, -0.2) is 189 Å². The summed E-state index contributed by atoms with van der Waals surface area (Å²) in [7, 11) is 3.07. The maximum atomic E-state index is 13.0. The van der Waals surface area contributed by atoms with Gasteiger partial charge in [-0.25, -0.2) is 4.68 Å². The number of ether oxygens (including phenoxy) is 4. The Morgan fingerprint density at radius 2 is 1.24 bits per heavy atom. The van der Waals surface area contributed by atoms with Gasteiger partial charge < -0.3 is 50.2 Å². The SMILES string of the molecule is CC1CCCC1.CCC.COc1cccc(OC)c1-c1cc(C(=O)NCC(=O)O)nn1-c1ccc(NCCOCCOCCNC(=O)CN2CCN(CC(=O)O)CCN(CC(=O)O)CC2)cc1C(C)C. The fourth-order valence-electron chi connectivity index (χ4n) is 7.81. The smallest absolute Gasteiger partial charge is 0.322 e. The van der Waals surface area contributed by atoms with Gasteiger partial charge in [-0.15, -0.1) is 0 Å². The fraction of sp³-hybridized carbons (Fsp3) is 0.600. The number of carboxylic acid groups (broad SMARTS) is 3. The van der Waals surface area contributed by atoms with Gasteiger partial charge in [0.15, 0.2) is 5.69 Å². The van der Waals surface area contributed by atoms with Gasteiger partial charge in [0, 0.05) is 58.0 Å². The van der Waals surface area contributed by atoms with Crippen LogP contribution in [0.4, 0.5) is 5.69 Å². The number of carbonyl (C=O) groups is 5. The second kappa shape index (κ2) is 32.2. The van der Waals surface area contributed by atoms with E-state index in [0.717, 1.165) is 17.2 Å². The predicted octanol–water partition coefficient (Wildman–Crippen LogP) is 4.76. The molecule has 1 aliphatic heterocycles. The van der Waals surface area contributed by atoms with Crippen molar-refractivity contribution in [2.24, 2.45) is 5.92 Å². The van der Waals surface area contributed by atoms with Crippen LogP contribution >= 0.6 is 0 Å². The zero-order valence-corrected chi connectivity index (χ0v) is 42.3. The second-order valence-electron chi connectivity index (χ2n) is 17.6. The molecule has 2 aliphatic rings. The second-order valence-corrected chi connectivity index (χ2v) is 17.6. The van der Waals surface area contributed by atoms with Gasteiger partial charge in [0.05, 0.1) is 77.2 Å². The highest BCUT2D eigenvalue weighted by Crippen LogP contribution is 2.40. The summed E-state index contributed by atoms with van der Waals surface area (Å²) in [6, 6.07) is 12.7. The molecular formula is C50H78N8O12. The molecule has 70 heavy (non-hydrogen) atoms. The monoisotopic (exact) mass is 983 g/mol. The molecule has 1 aromatic heterocycles. The third kappa shape index (κ3) is 21.1. The molecule has 0 unspecified atom stereocenters. The quantitative estimate of drug-likeness (QED) is 0.0663. The van der Waals surface area contributed by atoms with Gasteiger partial charge >= 0.3 is 17.9 Å². The minimum absolute atomic E-state index is 0.0171. The van der Waals surface area contributed by atoms with Crippen molar-refractivity contribution in [2.45, 2.75) is 72.6 Å². The molecular weight excluding hydrogens is 905 g/mol. The number of hydrogen-bond donors (Lipinski definition) is 6. The Kier molecular flexibility index (Phi) is 26.9. The van der Waals surface area contributed by atoms with Crippen LogP contribution < -0.4 is 25.4 Å². The summed E-state index contributed by atoms with van der Waals surface area (Å²) < 4.78 is 24.3. The highest BCUT2D eigenvalue weighted by atomic mass is 16.5. The summed E-state index contributed by atoms with van der Waals surface area (Å²) in [4.78, 5) is 64.8. The van der Waals surface area contributed by atoms with Crippen LogP contribution in [0.3, 0.4) is 0 Å². The molecule has 2 amide bonds. The van der Waals surface area contributed by atoms with Crippen molar-refractivity contribution in [3.63, 3.8) is 0 Å². The molecule has 0 bridgehead atoms. The van der Waals surface area contributed by atoms with E-state index in [0.29, 0.717) is 101 Å². The van der Waals surface area contributed by atoms with Crippen molar-refractivity contribution in [1.82, 2.24) is 35.1 Å². The van der Waals surface area contributed by atoms with E-state index in [-0.39, 0.29) is 43.8 Å². The van der Waals surface area contributed by atoms with Gasteiger partial charge in [-0.3, -0.25) is 38.7 Å². The average molecular weight is 983 g/mol. The molecule has 390 valence electrons. The molecule has 3 aromatic rings. The summed E-state index contributed by atoms with van der Waals surface area (Å²) >= 11 is 0. The summed E-state index contributed by atoms with van der Waals surface area (Å²) in [5.74, 6) is -1.89. The van der Waals surface area contributed by atoms with Crippen molar-refractivity contribution in [1.29, 1.82) is 0 Å². The van der Waals surface area contributed by atoms with Gasteiger partial charge in [0.25, 0.3) is 5.91 Å². The van der Waals surface area contributed by atoms with Crippen LogP contribution in [0.2, 0.25) is 0 Å². The Morgan fingerprint density at radius 3 is 1.71 bits per heavy atom. The molecule has 1 saturated heterocycles. The molecule has 1 saturated carbocycles. The molecule has 2 fully saturated rings. The van der Waals surface area contributed by atoms with E-state index in [1.165, 1.54) is 46.3 Å². The Balaban J connectivity index is 0.00000130. The number of benzene rings is 2. The summed E-state index contributed by atoms with van der Waals surface area (Å²) in [6.45, 7) is 14.7. The minimum atomic E-state index is -1.18. The summed E-state index contributed by atoms with van der Waals surface area (Å²) in [6.07, 6.45) is 7.20. The first-order chi connectivity index (χ1) is 33.6. The Labute approximate surface area is 412 Å². The lowest BCUT2D eigenvalue weighted by Gasteiger charge is -2.24. The zero-order chi connectivity index (χ0) is 51.4. The number of nitrogens with zero attached hydrogens (tertiary/aromatic N) is 5. The van der Waals surface area contributed by atoms with Crippen LogP contribution in [-0.2, 0) is 28.7 Å². The van der Waals surface area contributed by atoms with Gasteiger partial charge in [-0.2, -0.15) is 5.10 Å². The number of amides is 2. The molecule has 0 radical (unpaired) electrons. The standard InChI is InChI=1S/C41H58N8O12.C6H12.C3H8/c1-28(2)30-22-29(8-9-32(30)49-33(23-31(45-49)41(57)44-24-37(51)52)40-34(58-3)6-5-7-35(40)59-4)42-10-18-60-20-21-61-19-11-43-36(50)25-46-12-14-47(26-38(53)54)16-17-48(15-13-46)27-39(55)56;1-6-4-2-3-5-6;1-3-2/h5-9,22-23,28,42H,10-21,24-27H2,1-4H3,(H,43,50)(H,44,57)(H,51,52)(H,53,54)(H,55,56);6H,2-5H2,1H3;3H2,1-2H3. The lowest BCUT2D eigenvalue weighted by molar-refractivity contribution is -0.140. The third-order valence-electron chi connectivity index (χ3n) is 11.3. The number of aliphatic carboxylic acids is 3. The first-order valence-electron chi connectivity index (χ1n) is 24.3. The number of hydrogen-bond acceptors (Lipinski definition) is 14. The molecule has 1 aliphatic carbocycles. The lowest BCUT2D eigenvalue weighted by atomic mass is 9.99. The highest BCUT2D eigenvalue weighted by Gasteiger charge is 2.25. The Morgan fingerprint density at radius 1 is 0.714 bits per heavy atom. The van der Waals surface area contributed by atoms with Crippen molar-refractivity contribution in [2.75, 3.05) is 125 Å². The maximum Gasteiger partial charge on any atom is 0.322 e. The van der Waals surface area contributed by atoms with Crippen LogP contribution in [0.1, 0.15) is 88.7 Å². The topological polar surface area (TPSA) is 247 Å². The first kappa shape index (κ1) is 58.5. The van der Waals surface area contributed by atoms with Gasteiger partial charge in [0.1, 0.15) is 18.0 Å². The molecule has 0 atom stereocenters. The van der Waals surface area contributed by atoms with Gasteiger partial charge in [0.2, 0.25) is 5.91 Å². The molecule has 2 heterocycles. The number of aromatic nitrogens is 2. The molecule has 5 rings (SSSR count). The number of anilines is 1. The fourth-order valence-corrected chi connectivity index (χ4v) is 7.81. The van der Waals surface area contributed by atoms with Crippen molar-refractivity contribution < 1.29 is 58.2 Å². The third-order valence-corrected chi connectivity index (χ3v) is 11.3. The summed E-state index contributed by atoms with van der Waals surface area (Å²) in [5, 5.41) is 40.8. The Bertz CT molecular complexity index is 2030. The number of carbonyl (C=O) groups excluding carboxylic acids is 2. The van der Waals surface area contributed by atoms with Crippen LogP contribution in [0.15, 0.2) is 42.5 Å². The summed E-state index contributed by atoms with van der Waals surface area (Å²) in [5.41, 5.74) is 3.55. The molecule has 20 nitrogen and oxygen atoms in total. The van der Waals surface area contributed by atoms with E-state index >= 15 is 0 Å². The van der Waals surface area contributed by atoms with Gasteiger partial charge in [-0.05, 0) is 53.8 Å². The van der Waals surface area contributed by atoms with E-state index in [1.807, 2.05) is 36.9 Å². The lowest BCUT2D eigenvalue weighted by Crippen LogP contribution is -2.43. The van der Waals surface area contributed by atoms with E-state index < -0.39 is 30.4 Å². The van der Waals surface area contributed by atoms with E-state index in [4.69, 9.17) is 24.1 Å². The molecule has 2 aromatic carbocycles. The molecule has 6 N–H and O–H groups in total. The van der Waals surface area contributed by atoms with Crippen molar-refractivity contribution in [3.05, 3.63) is 53.7 Å². The van der Waals surface area contributed by atoms with E-state index in [2.05, 4.69) is 41.8 Å². The largest absolute Gasteiger partial charge is 0.496 e. The normalized spacial score (nSPS) is 14.7. The van der Waals surface area contributed by atoms with Crippen LogP contribution in [0.25, 0.3) is 16.9 Å². The van der Waals surface area contributed by atoms with Crippen LogP contribution in [0.5, 0.6) is 11.5 Å². The van der Waals surface area contributed by atoms with Crippen molar-refractivity contribution in [3.8, 4) is 28.4 Å². The average Bonchev–Trinajstić information content (AvgIpc) is 4.01. The zero-order valence-electron chi connectivity index (χ0n) is 42.3. The highest BCUT2D eigenvalue weighted by molar-refractivity contribution is 5.95. The minimum Gasteiger partial charge on any atom is -0.496 e. The van der Waals surface area contributed by atoms with Gasteiger partial charge in [-0.1, -0.05) is 72.8 Å². The first-order valence-corrected chi connectivity index (χ1v) is 24.3. The molecule has 20 heteroatoms. The van der Waals surface area contributed by atoms with Crippen LogP contribution in [0, 0.1) is 5.92 Å². The molecule has 0 spiro atoms. The predicted molar refractivity (Wildman–Crippen MR) is 267 cm³/mol. The van der Waals surface area contributed by atoms with Crippen molar-refractivity contribution >= 4 is 35.4 Å². The number of nitrogens with one attached hydrogen (secondary N) is 3. The number of carboxylic acids is 3.